The highest BCUT2D eigenvalue weighted by Gasteiger charge is 2.39. The third-order valence-electron chi connectivity index (χ3n) is 5.95. The van der Waals surface area contributed by atoms with Crippen molar-refractivity contribution in [1.29, 1.82) is 0 Å². The zero-order valence-corrected chi connectivity index (χ0v) is 18.5. The second-order valence-electron chi connectivity index (χ2n) is 8.54. The molecular formula is C27H27FN2O2. The zero-order valence-electron chi connectivity index (χ0n) is 18.5. The molecule has 5 heteroatoms. The fourth-order valence-corrected chi connectivity index (χ4v) is 4.40. The number of carbonyl (C=O) groups is 2. The standard InChI is InChI=1S/C27H27FN2O2/c1-18(2)26(31)29-19(3)17-25(23-11-7-8-12-24(23)29)30(22-9-5-4-6-10-22)27(32)20-13-15-21(28)16-14-20/h4-16,18-19,25H,17H2,1-3H3/t19-,25+/m0/s1. The molecule has 0 N–H and O–H groups in total. The van der Waals surface area contributed by atoms with Crippen molar-refractivity contribution in [3.8, 4) is 0 Å². The SMILES string of the molecule is CC(C)C(=O)N1c2ccccc2[C@H](N(C(=O)c2ccc(F)cc2)c2ccccc2)C[C@@H]1C. The lowest BCUT2D eigenvalue weighted by molar-refractivity contribution is -0.122. The van der Waals surface area contributed by atoms with Crippen molar-refractivity contribution >= 4 is 23.2 Å². The highest BCUT2D eigenvalue weighted by atomic mass is 19.1. The summed E-state index contributed by atoms with van der Waals surface area (Å²) < 4.78 is 13.5. The van der Waals surface area contributed by atoms with Crippen LogP contribution in [-0.4, -0.2) is 17.9 Å². The van der Waals surface area contributed by atoms with Gasteiger partial charge in [0.15, 0.2) is 0 Å². The molecule has 0 aliphatic carbocycles. The van der Waals surface area contributed by atoms with Crippen LogP contribution in [0.5, 0.6) is 0 Å². The number of anilines is 2. The molecule has 0 saturated heterocycles. The summed E-state index contributed by atoms with van der Waals surface area (Å²) in [5, 5.41) is 0. The van der Waals surface area contributed by atoms with Gasteiger partial charge in [0.2, 0.25) is 5.91 Å². The van der Waals surface area contributed by atoms with Crippen LogP contribution in [0, 0.1) is 11.7 Å². The van der Waals surface area contributed by atoms with E-state index in [-0.39, 0.29) is 35.6 Å². The number of para-hydroxylation sites is 2. The van der Waals surface area contributed by atoms with Crippen molar-refractivity contribution in [3.63, 3.8) is 0 Å². The van der Waals surface area contributed by atoms with E-state index in [2.05, 4.69) is 0 Å². The van der Waals surface area contributed by atoms with Crippen LogP contribution in [0.3, 0.4) is 0 Å². The van der Waals surface area contributed by atoms with Gasteiger partial charge in [0.25, 0.3) is 5.91 Å². The molecule has 4 rings (SSSR count). The molecule has 2 amide bonds. The topological polar surface area (TPSA) is 40.6 Å². The van der Waals surface area contributed by atoms with E-state index in [1.165, 1.54) is 24.3 Å². The van der Waals surface area contributed by atoms with Gasteiger partial charge < -0.3 is 9.80 Å². The summed E-state index contributed by atoms with van der Waals surface area (Å²) in [5.74, 6) is -0.647. The number of halogens is 1. The van der Waals surface area contributed by atoms with E-state index >= 15 is 0 Å². The maximum absolute atomic E-state index is 13.7. The molecule has 0 bridgehead atoms. The monoisotopic (exact) mass is 430 g/mol. The average Bonchev–Trinajstić information content (AvgIpc) is 2.80. The highest BCUT2D eigenvalue weighted by molar-refractivity contribution is 6.07. The summed E-state index contributed by atoms with van der Waals surface area (Å²) in [6, 6.07) is 22.6. The predicted molar refractivity (Wildman–Crippen MR) is 125 cm³/mol. The van der Waals surface area contributed by atoms with Gasteiger partial charge in [0, 0.05) is 28.9 Å². The van der Waals surface area contributed by atoms with Crippen molar-refractivity contribution in [2.24, 2.45) is 5.92 Å². The van der Waals surface area contributed by atoms with Crippen LogP contribution in [0.25, 0.3) is 0 Å². The van der Waals surface area contributed by atoms with E-state index in [1.807, 2.05) is 80.3 Å². The first-order chi connectivity index (χ1) is 15.4. The second kappa shape index (κ2) is 8.95. The molecule has 3 aromatic rings. The number of fused-ring (bicyclic) bond motifs is 1. The van der Waals surface area contributed by atoms with Crippen LogP contribution in [0.1, 0.15) is 49.2 Å². The Morgan fingerprint density at radius 2 is 1.56 bits per heavy atom. The smallest absolute Gasteiger partial charge is 0.258 e. The number of rotatable bonds is 4. The van der Waals surface area contributed by atoms with Crippen LogP contribution >= 0.6 is 0 Å². The summed E-state index contributed by atoms with van der Waals surface area (Å²) in [5.41, 5.74) is 2.94. The quantitative estimate of drug-likeness (QED) is 0.510. The van der Waals surface area contributed by atoms with Crippen molar-refractivity contribution in [2.45, 2.75) is 39.3 Å². The minimum Gasteiger partial charge on any atom is -0.309 e. The van der Waals surface area contributed by atoms with Gasteiger partial charge in [-0.25, -0.2) is 4.39 Å². The largest absolute Gasteiger partial charge is 0.309 e. The molecule has 1 aliphatic heterocycles. The fourth-order valence-electron chi connectivity index (χ4n) is 4.40. The van der Waals surface area contributed by atoms with Crippen molar-refractivity contribution < 1.29 is 14.0 Å². The Hall–Kier alpha value is -3.47. The van der Waals surface area contributed by atoms with Crippen LogP contribution in [0.2, 0.25) is 0 Å². The number of nitrogens with zero attached hydrogens (tertiary/aromatic N) is 2. The third-order valence-corrected chi connectivity index (χ3v) is 5.95. The Morgan fingerprint density at radius 3 is 2.22 bits per heavy atom. The molecule has 164 valence electrons. The highest BCUT2D eigenvalue weighted by Crippen LogP contribution is 2.43. The number of benzene rings is 3. The third kappa shape index (κ3) is 4.03. The Labute approximate surface area is 188 Å². The maximum atomic E-state index is 13.7. The van der Waals surface area contributed by atoms with E-state index in [1.54, 1.807) is 4.90 Å². The Morgan fingerprint density at radius 1 is 0.938 bits per heavy atom. The Balaban J connectivity index is 1.84. The first-order valence-electron chi connectivity index (χ1n) is 10.9. The van der Waals surface area contributed by atoms with Gasteiger partial charge in [-0.05, 0) is 61.4 Å². The van der Waals surface area contributed by atoms with E-state index in [0.717, 1.165) is 16.9 Å². The van der Waals surface area contributed by atoms with Gasteiger partial charge in [-0.1, -0.05) is 50.2 Å². The summed E-state index contributed by atoms with van der Waals surface area (Å²) >= 11 is 0. The molecule has 0 aromatic heterocycles. The molecule has 1 aliphatic rings. The molecule has 0 spiro atoms. The number of carbonyl (C=O) groups excluding carboxylic acids is 2. The first kappa shape index (κ1) is 21.8. The average molecular weight is 431 g/mol. The molecule has 4 nitrogen and oxygen atoms in total. The van der Waals surface area contributed by atoms with E-state index in [4.69, 9.17) is 0 Å². The molecule has 0 unspecified atom stereocenters. The van der Waals surface area contributed by atoms with Crippen molar-refractivity contribution in [3.05, 3.63) is 95.8 Å². The second-order valence-corrected chi connectivity index (χ2v) is 8.54. The van der Waals surface area contributed by atoms with Crippen LogP contribution < -0.4 is 9.80 Å². The van der Waals surface area contributed by atoms with Crippen molar-refractivity contribution in [2.75, 3.05) is 9.80 Å². The normalized spacial score (nSPS) is 17.7. The van der Waals surface area contributed by atoms with E-state index < -0.39 is 0 Å². The Bertz CT molecular complexity index is 1110. The Kier molecular flexibility index (Phi) is 6.08. The first-order valence-corrected chi connectivity index (χ1v) is 10.9. The lowest BCUT2D eigenvalue weighted by Crippen LogP contribution is -2.49. The zero-order chi connectivity index (χ0) is 22.8. The summed E-state index contributed by atoms with van der Waals surface area (Å²) in [6.07, 6.45) is 0.595. The lowest BCUT2D eigenvalue weighted by atomic mass is 9.88. The molecule has 32 heavy (non-hydrogen) atoms. The van der Waals surface area contributed by atoms with Crippen molar-refractivity contribution in [1.82, 2.24) is 0 Å². The number of hydrogen-bond acceptors (Lipinski definition) is 2. The fraction of sp³-hybridized carbons (Fsp3) is 0.259. The molecule has 3 aromatic carbocycles. The van der Waals surface area contributed by atoms with Crippen LogP contribution in [0.15, 0.2) is 78.9 Å². The lowest BCUT2D eigenvalue weighted by Gasteiger charge is -2.44. The molecule has 2 atom stereocenters. The predicted octanol–water partition coefficient (Wildman–Crippen LogP) is 6.00. The molecule has 1 heterocycles. The van der Waals surface area contributed by atoms with Gasteiger partial charge in [0.1, 0.15) is 5.82 Å². The van der Waals surface area contributed by atoms with Gasteiger partial charge in [-0.2, -0.15) is 0 Å². The maximum Gasteiger partial charge on any atom is 0.258 e. The van der Waals surface area contributed by atoms with Gasteiger partial charge in [0.05, 0.1) is 6.04 Å². The van der Waals surface area contributed by atoms with Crippen LogP contribution in [-0.2, 0) is 4.79 Å². The summed E-state index contributed by atoms with van der Waals surface area (Å²) in [6.45, 7) is 5.82. The van der Waals surface area contributed by atoms with Gasteiger partial charge >= 0.3 is 0 Å². The number of amides is 2. The molecule has 0 saturated carbocycles. The molecular weight excluding hydrogens is 403 g/mol. The molecule has 0 radical (unpaired) electrons. The minimum atomic E-state index is -0.382. The summed E-state index contributed by atoms with van der Waals surface area (Å²) in [4.78, 5) is 30.4. The minimum absolute atomic E-state index is 0.0690. The van der Waals surface area contributed by atoms with Crippen LogP contribution in [0.4, 0.5) is 15.8 Å². The van der Waals surface area contributed by atoms with Gasteiger partial charge in [-0.15, -0.1) is 0 Å². The number of hydrogen-bond donors (Lipinski definition) is 0. The van der Waals surface area contributed by atoms with E-state index in [0.29, 0.717) is 12.0 Å². The van der Waals surface area contributed by atoms with E-state index in [9.17, 15) is 14.0 Å². The van der Waals surface area contributed by atoms with Gasteiger partial charge in [-0.3, -0.25) is 9.59 Å². The molecule has 0 fully saturated rings. The summed E-state index contributed by atoms with van der Waals surface area (Å²) in [7, 11) is 0.